The van der Waals surface area contributed by atoms with E-state index in [-0.39, 0.29) is 24.5 Å². The minimum absolute atomic E-state index is 0.0558. The molecule has 0 saturated carbocycles. The molecule has 1 aromatic rings. The molecule has 0 spiro atoms. The van der Waals surface area contributed by atoms with E-state index in [0.29, 0.717) is 25.9 Å². The third kappa shape index (κ3) is 19.8. The number of benzene rings is 1. The molecule has 1 N–H and O–H groups in total. The Morgan fingerprint density at radius 3 is 2.13 bits per heavy atom. The van der Waals surface area contributed by atoms with E-state index in [4.69, 9.17) is 9.26 Å². The summed E-state index contributed by atoms with van der Waals surface area (Å²) in [4.78, 5) is 22.1. The molecule has 0 aliphatic carbocycles. The van der Waals surface area contributed by atoms with Gasteiger partial charge in [-0.05, 0) is 43.4 Å². The number of carbonyl (C=O) groups excluding carboxylic acids is 1. The Morgan fingerprint density at radius 2 is 1.55 bits per heavy atom. The van der Waals surface area contributed by atoms with Crippen LogP contribution in [0.4, 0.5) is 0 Å². The monoisotopic (exact) mass is 554 g/mol. The SMILES string of the molecule is CCCCCCCCCCCCCOc1cccc(CC(COP(=O)(O)CCC[N+](C)(C)C)CC(C)=O)c1. The van der Waals surface area contributed by atoms with Crippen molar-refractivity contribution >= 4 is 13.4 Å². The van der Waals surface area contributed by atoms with Crippen LogP contribution in [0.1, 0.15) is 103 Å². The zero-order chi connectivity index (χ0) is 28.3. The van der Waals surface area contributed by atoms with E-state index in [2.05, 4.69) is 28.1 Å². The van der Waals surface area contributed by atoms with Crippen molar-refractivity contribution in [1.82, 2.24) is 0 Å². The lowest BCUT2D eigenvalue weighted by Crippen LogP contribution is -2.35. The van der Waals surface area contributed by atoms with Crippen LogP contribution in [-0.4, -0.2) is 62.2 Å². The van der Waals surface area contributed by atoms with E-state index < -0.39 is 7.60 Å². The van der Waals surface area contributed by atoms with Crippen LogP contribution in [0.5, 0.6) is 5.75 Å². The van der Waals surface area contributed by atoms with E-state index in [9.17, 15) is 14.3 Å². The summed E-state index contributed by atoms with van der Waals surface area (Å²) in [5.41, 5.74) is 1.05. The summed E-state index contributed by atoms with van der Waals surface area (Å²) in [5, 5.41) is 0. The van der Waals surface area contributed by atoms with E-state index in [1.807, 2.05) is 24.3 Å². The Balaban J connectivity index is 2.37. The molecule has 7 heteroatoms. The number of Topliss-reactive ketones (excluding diaryl/α,β-unsaturated/α-hetero) is 1. The smallest absolute Gasteiger partial charge is 0.328 e. The lowest BCUT2D eigenvalue weighted by molar-refractivity contribution is -0.870. The molecule has 38 heavy (non-hydrogen) atoms. The highest BCUT2D eigenvalue weighted by atomic mass is 31.2. The molecule has 6 nitrogen and oxygen atoms in total. The van der Waals surface area contributed by atoms with Crippen molar-refractivity contribution in [3.63, 3.8) is 0 Å². The Kier molecular flexibility index (Phi) is 18.1. The maximum Gasteiger partial charge on any atom is 0.328 e. The van der Waals surface area contributed by atoms with Crippen LogP contribution in [-0.2, 0) is 20.3 Å². The third-order valence-corrected chi connectivity index (χ3v) is 8.23. The number of carbonyl (C=O) groups is 1. The first-order valence-corrected chi connectivity index (χ1v) is 16.7. The van der Waals surface area contributed by atoms with Gasteiger partial charge < -0.3 is 23.4 Å². The summed E-state index contributed by atoms with van der Waals surface area (Å²) in [5.74, 6) is 0.749. The average molecular weight is 555 g/mol. The fourth-order valence-corrected chi connectivity index (χ4v) is 5.79. The largest absolute Gasteiger partial charge is 0.494 e. The number of quaternary nitrogens is 1. The first-order chi connectivity index (χ1) is 18.0. The number of ketones is 1. The molecule has 0 radical (unpaired) electrons. The number of nitrogens with zero attached hydrogens (tertiary/aromatic N) is 1. The average Bonchev–Trinajstić information content (AvgIpc) is 2.82. The molecule has 0 fully saturated rings. The third-order valence-electron chi connectivity index (χ3n) is 6.80. The lowest BCUT2D eigenvalue weighted by atomic mass is 9.95. The number of ether oxygens (including phenoxy) is 1. The van der Waals surface area contributed by atoms with Crippen LogP contribution in [0.25, 0.3) is 0 Å². The molecule has 2 unspecified atom stereocenters. The zero-order valence-corrected chi connectivity index (χ0v) is 26.0. The van der Waals surface area contributed by atoms with E-state index in [1.54, 1.807) is 6.92 Å². The van der Waals surface area contributed by atoms with Crippen LogP contribution >= 0.6 is 7.60 Å². The second-order valence-electron chi connectivity index (χ2n) is 12.0. The van der Waals surface area contributed by atoms with Gasteiger partial charge in [-0.15, -0.1) is 0 Å². The second kappa shape index (κ2) is 19.8. The second-order valence-corrected chi connectivity index (χ2v) is 14.0. The van der Waals surface area contributed by atoms with Gasteiger partial charge in [0.25, 0.3) is 0 Å². The first-order valence-electron chi connectivity index (χ1n) is 15.0. The molecule has 0 bridgehead atoms. The van der Waals surface area contributed by atoms with E-state index in [0.717, 1.165) is 28.8 Å². The molecule has 0 amide bonds. The highest BCUT2D eigenvalue weighted by Gasteiger charge is 2.24. The molecular formula is C31H57NO5P+. The molecule has 1 aromatic carbocycles. The van der Waals surface area contributed by atoms with Crippen LogP contribution in [0.15, 0.2) is 24.3 Å². The predicted molar refractivity (Wildman–Crippen MR) is 159 cm³/mol. The standard InChI is InChI=1S/C31H56NO5P/c1-6-7-8-9-10-11-12-13-14-15-16-22-36-31-20-17-19-29(26-31)25-30(24-28(2)33)27-37-38(34,35)23-18-21-32(3,4)5/h17,19-20,26,30H,6-16,18,21-25,27H2,1-5H3/p+1. The predicted octanol–water partition coefficient (Wildman–Crippen LogP) is 7.81. The minimum Gasteiger partial charge on any atom is -0.494 e. The van der Waals surface area contributed by atoms with Gasteiger partial charge in [-0.1, -0.05) is 83.3 Å². The van der Waals surface area contributed by atoms with Crippen molar-refractivity contribution in [1.29, 1.82) is 0 Å². The lowest BCUT2D eigenvalue weighted by Gasteiger charge is -2.24. The zero-order valence-electron chi connectivity index (χ0n) is 25.1. The number of hydrogen-bond acceptors (Lipinski definition) is 4. The first kappa shape index (κ1) is 34.8. The van der Waals surface area contributed by atoms with Gasteiger partial charge >= 0.3 is 7.60 Å². The van der Waals surface area contributed by atoms with Gasteiger partial charge in [-0.25, -0.2) is 0 Å². The maximum atomic E-state index is 12.5. The topological polar surface area (TPSA) is 72.8 Å². The van der Waals surface area contributed by atoms with Gasteiger partial charge in [-0.2, -0.15) is 0 Å². The van der Waals surface area contributed by atoms with Crippen molar-refractivity contribution in [3.05, 3.63) is 29.8 Å². The molecule has 1 rings (SSSR count). The summed E-state index contributed by atoms with van der Waals surface area (Å²) in [6, 6.07) is 7.97. The molecular weight excluding hydrogens is 497 g/mol. The quantitative estimate of drug-likeness (QED) is 0.0801. The van der Waals surface area contributed by atoms with Gasteiger partial charge in [0.15, 0.2) is 0 Å². The molecule has 0 aliphatic rings. The molecule has 2 atom stereocenters. The van der Waals surface area contributed by atoms with E-state index >= 15 is 0 Å². The molecule has 220 valence electrons. The number of rotatable bonds is 24. The van der Waals surface area contributed by atoms with Crippen LogP contribution < -0.4 is 4.74 Å². The normalized spacial score (nSPS) is 14.3. The summed E-state index contributed by atoms with van der Waals surface area (Å²) < 4.78 is 24.7. The summed E-state index contributed by atoms with van der Waals surface area (Å²) >= 11 is 0. The molecule has 0 heterocycles. The Morgan fingerprint density at radius 1 is 0.947 bits per heavy atom. The Bertz CT molecular complexity index is 808. The van der Waals surface area contributed by atoms with Gasteiger partial charge in [0.05, 0.1) is 47.1 Å². The van der Waals surface area contributed by atoms with Crippen LogP contribution in [0.2, 0.25) is 0 Å². The fraction of sp³-hybridized carbons (Fsp3) is 0.774. The summed E-state index contributed by atoms with van der Waals surface area (Å²) in [6.07, 6.45) is 16.1. The molecule has 0 saturated heterocycles. The molecule has 0 aliphatic heterocycles. The van der Waals surface area contributed by atoms with Crippen molar-refractivity contribution in [2.45, 2.75) is 104 Å². The van der Waals surface area contributed by atoms with Crippen LogP contribution in [0, 0.1) is 5.92 Å². The van der Waals surface area contributed by atoms with Gasteiger partial charge in [-0.3, -0.25) is 4.57 Å². The van der Waals surface area contributed by atoms with Gasteiger partial charge in [0.2, 0.25) is 0 Å². The van der Waals surface area contributed by atoms with Gasteiger partial charge in [0, 0.05) is 12.8 Å². The highest BCUT2D eigenvalue weighted by molar-refractivity contribution is 7.52. The highest BCUT2D eigenvalue weighted by Crippen LogP contribution is 2.43. The number of unbranched alkanes of at least 4 members (excludes halogenated alkanes) is 10. The van der Waals surface area contributed by atoms with Crippen molar-refractivity contribution in [2.75, 3.05) is 47.1 Å². The van der Waals surface area contributed by atoms with Crippen molar-refractivity contribution < 1.29 is 28.0 Å². The fourth-order valence-electron chi connectivity index (χ4n) is 4.68. The van der Waals surface area contributed by atoms with Crippen molar-refractivity contribution in [2.24, 2.45) is 5.92 Å². The molecule has 0 aromatic heterocycles. The minimum atomic E-state index is -3.67. The van der Waals surface area contributed by atoms with Gasteiger partial charge in [0.1, 0.15) is 11.5 Å². The Labute approximate surface area is 233 Å². The van der Waals surface area contributed by atoms with E-state index in [1.165, 1.54) is 64.2 Å². The van der Waals surface area contributed by atoms with Crippen LogP contribution in [0.3, 0.4) is 0 Å². The summed E-state index contributed by atoms with van der Waals surface area (Å²) in [6.45, 7) is 5.43. The summed E-state index contributed by atoms with van der Waals surface area (Å²) in [7, 11) is 2.50. The maximum absolute atomic E-state index is 12.5. The Hall–Kier alpha value is -1.20. The van der Waals surface area contributed by atoms with Crippen molar-refractivity contribution in [3.8, 4) is 5.75 Å². The number of hydrogen-bond donors (Lipinski definition) is 1.